The SMILES string of the molecule is c1ccc(-n2c3ccccc3c3cc(-n4c5ccccc5c5c6cc(-c7ccc(-n8c9ccc(-c%10cccc%11ccccc%10%11)cc9c9c%10ccccc%10c%10c%11ccccc%11sc%10c98)cc7)ccc6c6c7ccccc7sc6c54)ccc32)cc1. The largest absolute Gasteiger partial charge is 0.309 e. The molecule has 0 unspecified atom stereocenters. The molecular formula is C78H45N3S2. The van der Waals surface area contributed by atoms with Gasteiger partial charge in [-0.25, -0.2) is 0 Å². The highest BCUT2D eigenvalue weighted by Crippen LogP contribution is 2.51. The zero-order valence-corrected chi connectivity index (χ0v) is 46.3. The summed E-state index contributed by atoms with van der Waals surface area (Å²) in [7, 11) is 0. The van der Waals surface area contributed by atoms with E-state index >= 15 is 0 Å². The van der Waals surface area contributed by atoms with Gasteiger partial charge >= 0.3 is 0 Å². The van der Waals surface area contributed by atoms with Crippen LogP contribution in [0.4, 0.5) is 0 Å². The maximum Gasteiger partial charge on any atom is 0.0726 e. The molecule has 0 spiro atoms. The Kier molecular flexibility index (Phi) is 9.37. The van der Waals surface area contributed by atoms with Crippen LogP contribution in [0, 0.1) is 0 Å². The molecule has 14 aromatic carbocycles. The lowest BCUT2D eigenvalue weighted by molar-refractivity contribution is 1.17. The van der Waals surface area contributed by atoms with Crippen LogP contribution in [0.25, 0.3) is 177 Å². The van der Waals surface area contributed by atoms with E-state index in [2.05, 4.69) is 287 Å². The number of nitrogens with zero attached hydrogens (tertiary/aromatic N) is 3. The van der Waals surface area contributed by atoms with Gasteiger partial charge in [-0.2, -0.15) is 0 Å². The van der Waals surface area contributed by atoms with Crippen LogP contribution in [-0.2, 0) is 0 Å². The molecule has 0 radical (unpaired) electrons. The van der Waals surface area contributed by atoms with Crippen molar-refractivity contribution in [1.82, 2.24) is 13.7 Å². The van der Waals surface area contributed by atoms with Gasteiger partial charge in [0.15, 0.2) is 0 Å². The first-order chi connectivity index (χ1) is 41.2. The van der Waals surface area contributed by atoms with Gasteiger partial charge < -0.3 is 13.7 Å². The second kappa shape index (κ2) is 17.1. The Hall–Kier alpha value is -10.3. The lowest BCUT2D eigenvalue weighted by atomic mass is 9.95. The minimum Gasteiger partial charge on any atom is -0.309 e. The molecule has 384 valence electrons. The molecule has 83 heavy (non-hydrogen) atoms. The summed E-state index contributed by atoms with van der Waals surface area (Å²) in [6.07, 6.45) is 0. The number of hydrogen-bond acceptors (Lipinski definition) is 2. The van der Waals surface area contributed by atoms with E-state index in [-0.39, 0.29) is 0 Å². The molecule has 0 aliphatic carbocycles. The number of benzene rings is 14. The monoisotopic (exact) mass is 1090 g/mol. The van der Waals surface area contributed by atoms with Crippen molar-refractivity contribution in [2.45, 2.75) is 0 Å². The third-order valence-electron chi connectivity index (χ3n) is 18.0. The van der Waals surface area contributed by atoms with Gasteiger partial charge in [-0.3, -0.25) is 0 Å². The first-order valence-electron chi connectivity index (χ1n) is 28.5. The van der Waals surface area contributed by atoms with Crippen LogP contribution in [0.15, 0.2) is 273 Å². The van der Waals surface area contributed by atoms with Gasteiger partial charge in [-0.05, 0) is 140 Å². The van der Waals surface area contributed by atoms with E-state index in [0.717, 1.165) is 17.1 Å². The second-order valence-corrected chi connectivity index (χ2v) is 24.3. The summed E-state index contributed by atoms with van der Waals surface area (Å²) in [5.41, 5.74) is 15.6. The molecule has 0 N–H and O–H groups in total. The van der Waals surface area contributed by atoms with E-state index in [1.54, 1.807) is 0 Å². The van der Waals surface area contributed by atoms with Gasteiger partial charge in [0.05, 0.1) is 42.5 Å². The second-order valence-electron chi connectivity index (χ2n) is 22.2. The Morgan fingerprint density at radius 1 is 0.229 bits per heavy atom. The molecule has 19 rings (SSSR count). The zero-order valence-electron chi connectivity index (χ0n) is 44.6. The Morgan fingerprint density at radius 2 is 0.699 bits per heavy atom. The van der Waals surface area contributed by atoms with E-state index in [1.807, 2.05) is 22.7 Å². The molecule has 0 saturated heterocycles. The molecule has 0 atom stereocenters. The van der Waals surface area contributed by atoms with Crippen LogP contribution in [0.2, 0.25) is 0 Å². The molecular weight excluding hydrogens is 1040 g/mol. The van der Waals surface area contributed by atoms with Gasteiger partial charge in [-0.1, -0.05) is 188 Å². The van der Waals surface area contributed by atoms with Gasteiger partial charge in [0.1, 0.15) is 0 Å². The zero-order chi connectivity index (χ0) is 54.0. The van der Waals surface area contributed by atoms with E-state index in [1.165, 1.54) is 160 Å². The molecule has 0 amide bonds. The van der Waals surface area contributed by atoms with Gasteiger partial charge in [0, 0.05) is 80.3 Å². The molecule has 5 heterocycles. The van der Waals surface area contributed by atoms with Crippen LogP contribution < -0.4 is 0 Å². The molecule has 0 aliphatic rings. The van der Waals surface area contributed by atoms with Crippen molar-refractivity contribution in [3.05, 3.63) is 273 Å². The summed E-state index contributed by atoms with van der Waals surface area (Å²) in [4.78, 5) is 0. The average Bonchev–Trinajstić information content (AvgIpc) is 2.58. The van der Waals surface area contributed by atoms with Gasteiger partial charge in [0.25, 0.3) is 0 Å². The van der Waals surface area contributed by atoms with E-state index < -0.39 is 0 Å². The number of rotatable bonds is 5. The van der Waals surface area contributed by atoms with Crippen molar-refractivity contribution in [2.24, 2.45) is 0 Å². The van der Waals surface area contributed by atoms with Crippen molar-refractivity contribution in [3.8, 4) is 39.3 Å². The van der Waals surface area contributed by atoms with Crippen LogP contribution >= 0.6 is 22.7 Å². The molecule has 19 aromatic rings. The number of hydrogen-bond donors (Lipinski definition) is 0. The van der Waals surface area contributed by atoms with Gasteiger partial charge in [0.2, 0.25) is 0 Å². The Labute approximate surface area is 483 Å². The minimum absolute atomic E-state index is 1.14. The molecule has 0 fully saturated rings. The standard InChI is InChI=1S/C78H45N3S2/c1-2-19-50(20-3-1)79-65-29-12-8-22-55(65)62-45-52(39-42-67(62)79)81-66-30-13-9-25-59(66)72-63-43-48(35-40-58(63)74-61-27-11-15-32-70(61)83-78(74)76(72)81)46-33-37-51(38-34-46)80-68-41-36-49(54-28-16-18-47-17-4-5-21-53(47)54)44-64(68)71-56-23-6-7-24-57(56)73-60-26-10-14-31-69(60)82-77(73)75(71)80/h1-45H. The Bertz CT molecular complexity index is 5980. The van der Waals surface area contributed by atoms with Crippen molar-refractivity contribution < 1.29 is 0 Å². The van der Waals surface area contributed by atoms with Crippen LogP contribution in [-0.4, -0.2) is 13.7 Å². The number of para-hydroxylation sites is 3. The van der Waals surface area contributed by atoms with Crippen LogP contribution in [0.3, 0.4) is 0 Å². The quantitative estimate of drug-likeness (QED) is 0.163. The van der Waals surface area contributed by atoms with Gasteiger partial charge in [-0.15, -0.1) is 22.7 Å². The molecule has 5 heteroatoms. The fourth-order valence-electron chi connectivity index (χ4n) is 14.5. The highest BCUT2D eigenvalue weighted by molar-refractivity contribution is 7.27. The molecule has 3 nitrogen and oxygen atoms in total. The van der Waals surface area contributed by atoms with Crippen molar-refractivity contribution >= 4 is 161 Å². The number of aromatic nitrogens is 3. The lowest BCUT2D eigenvalue weighted by Gasteiger charge is -2.13. The maximum absolute atomic E-state index is 2.56. The summed E-state index contributed by atoms with van der Waals surface area (Å²) in [5, 5.41) is 20.5. The predicted molar refractivity (Wildman–Crippen MR) is 359 cm³/mol. The molecule has 0 aliphatic heterocycles. The Morgan fingerprint density at radius 3 is 1.43 bits per heavy atom. The fourth-order valence-corrected chi connectivity index (χ4v) is 17.0. The smallest absolute Gasteiger partial charge is 0.0726 e. The highest BCUT2D eigenvalue weighted by atomic mass is 32.1. The number of thiophene rings is 2. The molecule has 0 bridgehead atoms. The van der Waals surface area contributed by atoms with Crippen LogP contribution in [0.5, 0.6) is 0 Å². The lowest BCUT2D eigenvalue weighted by Crippen LogP contribution is -1.96. The van der Waals surface area contributed by atoms with Crippen LogP contribution in [0.1, 0.15) is 0 Å². The van der Waals surface area contributed by atoms with E-state index in [0.29, 0.717) is 0 Å². The van der Waals surface area contributed by atoms with E-state index in [4.69, 9.17) is 0 Å². The summed E-state index contributed by atoms with van der Waals surface area (Å²) in [6, 6.07) is 102. The maximum atomic E-state index is 2.56. The molecule has 5 aromatic heterocycles. The van der Waals surface area contributed by atoms with Crippen molar-refractivity contribution in [3.63, 3.8) is 0 Å². The topological polar surface area (TPSA) is 14.8 Å². The van der Waals surface area contributed by atoms with E-state index in [9.17, 15) is 0 Å². The average molecular weight is 1090 g/mol. The normalized spacial score (nSPS) is 12.3. The fraction of sp³-hybridized carbons (Fsp3) is 0. The highest BCUT2D eigenvalue weighted by Gasteiger charge is 2.26. The first-order valence-corrected chi connectivity index (χ1v) is 30.1. The minimum atomic E-state index is 1.14. The summed E-state index contributed by atoms with van der Waals surface area (Å²) in [6.45, 7) is 0. The third kappa shape index (κ3) is 6.32. The first kappa shape index (κ1) is 45.4. The Balaban J connectivity index is 0.838. The van der Waals surface area contributed by atoms with Crippen molar-refractivity contribution in [1.29, 1.82) is 0 Å². The summed E-state index contributed by atoms with van der Waals surface area (Å²) < 4.78 is 12.7. The third-order valence-corrected chi connectivity index (χ3v) is 20.3. The predicted octanol–water partition coefficient (Wildman–Crippen LogP) is 22.5. The number of fused-ring (bicyclic) bond motifs is 24. The summed E-state index contributed by atoms with van der Waals surface area (Å²) >= 11 is 3.83. The summed E-state index contributed by atoms with van der Waals surface area (Å²) in [5.74, 6) is 0. The van der Waals surface area contributed by atoms with Crippen molar-refractivity contribution in [2.75, 3.05) is 0 Å². The molecule has 0 saturated carbocycles.